The first kappa shape index (κ1) is 11.1. The molecule has 1 aromatic carbocycles. The van der Waals surface area contributed by atoms with E-state index in [-0.39, 0.29) is 5.56 Å². The summed E-state index contributed by atoms with van der Waals surface area (Å²) in [4.78, 5) is 0.618. The third-order valence-electron chi connectivity index (χ3n) is 2.33. The number of methoxy groups -OCH3 is 1. The highest BCUT2D eigenvalue weighted by Gasteiger charge is 2.19. The second kappa shape index (κ2) is 4.63. The number of aliphatic hydroxyl groups is 1. The largest absolute Gasteiger partial charge is 0.495 e. The van der Waals surface area contributed by atoms with E-state index in [1.54, 1.807) is 29.6 Å². The van der Waals surface area contributed by atoms with Crippen molar-refractivity contribution in [2.75, 3.05) is 7.11 Å². The van der Waals surface area contributed by atoms with E-state index >= 15 is 0 Å². The molecule has 0 radical (unpaired) electrons. The first-order valence-corrected chi connectivity index (χ1v) is 5.66. The lowest BCUT2D eigenvalue weighted by atomic mass is 10.1. The standard InChI is InChI=1S/C12H11FO2S/c1-15-10-6-7-16-12(10)11(14)8-4-2-3-5-9(8)13/h2-7,11,14H,1H3. The molecule has 2 aromatic rings. The Morgan fingerprint density at radius 1 is 1.31 bits per heavy atom. The van der Waals surface area contributed by atoms with Crippen molar-refractivity contribution in [2.45, 2.75) is 6.10 Å². The predicted octanol–water partition coefficient (Wildman–Crippen LogP) is 2.98. The van der Waals surface area contributed by atoms with Crippen molar-refractivity contribution in [3.63, 3.8) is 0 Å². The minimum Gasteiger partial charge on any atom is -0.495 e. The third-order valence-corrected chi connectivity index (χ3v) is 3.28. The van der Waals surface area contributed by atoms with Gasteiger partial charge in [-0.05, 0) is 17.5 Å². The van der Waals surface area contributed by atoms with Gasteiger partial charge in [-0.15, -0.1) is 11.3 Å². The Morgan fingerprint density at radius 2 is 2.06 bits per heavy atom. The van der Waals surface area contributed by atoms with E-state index in [2.05, 4.69) is 0 Å². The number of thiophene rings is 1. The van der Waals surface area contributed by atoms with Gasteiger partial charge in [0.1, 0.15) is 17.7 Å². The quantitative estimate of drug-likeness (QED) is 0.890. The monoisotopic (exact) mass is 238 g/mol. The van der Waals surface area contributed by atoms with Crippen LogP contribution in [0.25, 0.3) is 0 Å². The summed E-state index contributed by atoms with van der Waals surface area (Å²) in [5.74, 6) is 0.172. The first-order chi connectivity index (χ1) is 7.74. The van der Waals surface area contributed by atoms with Crippen LogP contribution in [0.5, 0.6) is 5.75 Å². The molecule has 1 heterocycles. The SMILES string of the molecule is COc1ccsc1C(O)c1ccccc1F. The lowest BCUT2D eigenvalue weighted by Crippen LogP contribution is -2.01. The Morgan fingerprint density at radius 3 is 2.75 bits per heavy atom. The van der Waals surface area contributed by atoms with Crippen molar-refractivity contribution in [2.24, 2.45) is 0 Å². The van der Waals surface area contributed by atoms with Crippen molar-refractivity contribution in [1.82, 2.24) is 0 Å². The van der Waals surface area contributed by atoms with Crippen LogP contribution < -0.4 is 4.74 Å². The molecule has 1 N–H and O–H groups in total. The summed E-state index contributed by atoms with van der Waals surface area (Å²) >= 11 is 1.34. The van der Waals surface area contributed by atoms with Crippen LogP contribution in [0, 0.1) is 5.82 Å². The van der Waals surface area contributed by atoms with Gasteiger partial charge in [-0.3, -0.25) is 0 Å². The van der Waals surface area contributed by atoms with E-state index in [4.69, 9.17) is 4.74 Å². The fraction of sp³-hybridized carbons (Fsp3) is 0.167. The Bertz CT molecular complexity index is 481. The number of ether oxygens (including phenoxy) is 1. The lowest BCUT2D eigenvalue weighted by molar-refractivity contribution is 0.214. The topological polar surface area (TPSA) is 29.5 Å². The summed E-state index contributed by atoms with van der Waals surface area (Å²) in [5, 5.41) is 11.9. The molecular weight excluding hydrogens is 227 g/mol. The molecule has 1 unspecified atom stereocenters. The predicted molar refractivity (Wildman–Crippen MR) is 61.3 cm³/mol. The fourth-order valence-electron chi connectivity index (χ4n) is 1.52. The van der Waals surface area contributed by atoms with E-state index < -0.39 is 11.9 Å². The lowest BCUT2D eigenvalue weighted by Gasteiger charge is -2.11. The molecule has 1 aromatic heterocycles. The minimum atomic E-state index is -0.976. The zero-order chi connectivity index (χ0) is 11.5. The highest BCUT2D eigenvalue weighted by Crippen LogP contribution is 2.35. The molecule has 1 atom stereocenters. The molecule has 0 aliphatic carbocycles. The number of benzene rings is 1. The van der Waals surface area contributed by atoms with E-state index in [9.17, 15) is 9.50 Å². The number of rotatable bonds is 3. The summed E-state index contributed by atoms with van der Waals surface area (Å²) in [6, 6.07) is 7.95. The number of hydrogen-bond acceptors (Lipinski definition) is 3. The second-order valence-corrected chi connectivity index (χ2v) is 4.22. The molecule has 2 nitrogen and oxygen atoms in total. The van der Waals surface area contributed by atoms with Gasteiger partial charge in [0, 0.05) is 5.56 Å². The van der Waals surface area contributed by atoms with Gasteiger partial charge in [-0.2, -0.15) is 0 Å². The molecule has 0 aliphatic rings. The number of halogens is 1. The maximum Gasteiger partial charge on any atom is 0.135 e. The van der Waals surface area contributed by atoms with Gasteiger partial charge >= 0.3 is 0 Å². The van der Waals surface area contributed by atoms with Crippen molar-refractivity contribution in [3.8, 4) is 5.75 Å². The second-order valence-electron chi connectivity index (χ2n) is 3.28. The molecule has 0 aliphatic heterocycles. The maximum absolute atomic E-state index is 13.5. The molecule has 2 rings (SSSR count). The molecule has 4 heteroatoms. The van der Waals surface area contributed by atoms with Gasteiger partial charge in [-0.25, -0.2) is 4.39 Å². The normalized spacial score (nSPS) is 12.4. The Hall–Kier alpha value is -1.39. The van der Waals surface area contributed by atoms with Crippen LogP contribution in [0.4, 0.5) is 4.39 Å². The van der Waals surface area contributed by atoms with Gasteiger partial charge in [-0.1, -0.05) is 18.2 Å². The molecular formula is C12H11FO2S. The van der Waals surface area contributed by atoms with Crippen LogP contribution >= 0.6 is 11.3 Å². The maximum atomic E-state index is 13.5. The van der Waals surface area contributed by atoms with Crippen LogP contribution in [-0.2, 0) is 0 Å². The van der Waals surface area contributed by atoms with Crippen molar-refractivity contribution in [3.05, 3.63) is 52.0 Å². The van der Waals surface area contributed by atoms with Crippen LogP contribution in [0.3, 0.4) is 0 Å². The van der Waals surface area contributed by atoms with E-state index in [0.717, 1.165) is 0 Å². The van der Waals surface area contributed by atoms with Crippen LogP contribution in [0.1, 0.15) is 16.5 Å². The molecule has 0 saturated carbocycles. The average Bonchev–Trinajstić information content (AvgIpc) is 2.77. The van der Waals surface area contributed by atoms with E-state index in [1.807, 2.05) is 0 Å². The average molecular weight is 238 g/mol. The highest BCUT2D eigenvalue weighted by atomic mass is 32.1. The summed E-state index contributed by atoms with van der Waals surface area (Å²) < 4.78 is 18.6. The Kier molecular flexibility index (Phi) is 3.22. The van der Waals surface area contributed by atoms with E-state index in [1.165, 1.54) is 24.5 Å². The molecule has 0 saturated heterocycles. The van der Waals surface area contributed by atoms with Crippen LogP contribution in [0.15, 0.2) is 35.7 Å². The van der Waals surface area contributed by atoms with Crippen molar-refractivity contribution < 1.29 is 14.2 Å². The van der Waals surface area contributed by atoms with Crippen LogP contribution in [0.2, 0.25) is 0 Å². The molecule has 84 valence electrons. The third kappa shape index (κ3) is 1.94. The van der Waals surface area contributed by atoms with Crippen molar-refractivity contribution >= 4 is 11.3 Å². The molecule has 0 spiro atoms. The smallest absolute Gasteiger partial charge is 0.135 e. The molecule has 16 heavy (non-hydrogen) atoms. The highest BCUT2D eigenvalue weighted by molar-refractivity contribution is 7.10. The van der Waals surface area contributed by atoms with Gasteiger partial charge in [0.2, 0.25) is 0 Å². The Labute approximate surface area is 96.9 Å². The zero-order valence-corrected chi connectivity index (χ0v) is 9.50. The number of aliphatic hydroxyl groups excluding tert-OH is 1. The van der Waals surface area contributed by atoms with Gasteiger partial charge in [0.05, 0.1) is 12.0 Å². The Balaban J connectivity index is 2.39. The molecule has 0 fully saturated rings. The summed E-state index contributed by atoms with van der Waals surface area (Å²) in [6.45, 7) is 0. The van der Waals surface area contributed by atoms with Gasteiger partial charge < -0.3 is 9.84 Å². The summed E-state index contributed by atoms with van der Waals surface area (Å²) in [7, 11) is 1.53. The fourth-order valence-corrected chi connectivity index (χ4v) is 2.38. The van der Waals surface area contributed by atoms with Crippen LogP contribution in [-0.4, -0.2) is 12.2 Å². The first-order valence-electron chi connectivity index (χ1n) is 4.78. The van der Waals surface area contributed by atoms with Gasteiger partial charge in [0.15, 0.2) is 0 Å². The van der Waals surface area contributed by atoms with Gasteiger partial charge in [0.25, 0.3) is 0 Å². The molecule has 0 amide bonds. The molecule has 0 bridgehead atoms. The summed E-state index contributed by atoms with van der Waals surface area (Å²) in [5.41, 5.74) is 0.267. The van der Waals surface area contributed by atoms with Crippen molar-refractivity contribution in [1.29, 1.82) is 0 Å². The minimum absolute atomic E-state index is 0.267. The zero-order valence-electron chi connectivity index (χ0n) is 8.68. The number of hydrogen-bond donors (Lipinski definition) is 1. The van der Waals surface area contributed by atoms with E-state index in [0.29, 0.717) is 10.6 Å². The summed E-state index contributed by atoms with van der Waals surface area (Å²) in [6.07, 6.45) is -0.976.